The molecule has 0 fully saturated rings. The summed E-state index contributed by atoms with van der Waals surface area (Å²) in [5.74, 6) is 0. The fourth-order valence-corrected chi connectivity index (χ4v) is 15.1. The quantitative estimate of drug-likeness (QED) is 0.0950. The van der Waals surface area contributed by atoms with Crippen LogP contribution in [0.15, 0.2) is 290 Å². The highest BCUT2D eigenvalue weighted by molar-refractivity contribution is 7.20. The second-order valence-corrected chi connectivity index (χ2v) is 21.4. The van der Waals surface area contributed by atoms with Crippen molar-refractivity contribution in [2.75, 3.05) is 4.90 Å². The zero-order chi connectivity index (χ0) is 46.0. The fourth-order valence-electron chi connectivity index (χ4n) is 10.4. The van der Waals surface area contributed by atoms with Crippen LogP contribution in [0.5, 0.6) is 0 Å². The lowest BCUT2D eigenvalue weighted by molar-refractivity contribution is 0.671. The molecule has 0 N–H and O–H groups in total. The Labute approximate surface area is 404 Å². The van der Waals surface area contributed by atoms with Gasteiger partial charge in [-0.1, -0.05) is 249 Å². The maximum absolute atomic E-state index is 6.90. The number of hydrogen-bond acceptors (Lipinski definition) is 2. The molecular formula is C66H47NOSi. The van der Waals surface area contributed by atoms with Gasteiger partial charge in [-0.05, 0) is 90.5 Å². The molecule has 1 heterocycles. The van der Waals surface area contributed by atoms with Crippen LogP contribution in [0.2, 0.25) is 0 Å². The SMILES string of the molecule is c1ccc(-c2ccc(N(c3ccc(-c4ccccc4)cc3)c3cccc([Si](c4ccccc4)(c4ccccc4)c4ccc(-c5cccc6c5oc5c(-c7ccccc7)cccc56)cc4)c3)cc2)cc1. The summed E-state index contributed by atoms with van der Waals surface area (Å²) >= 11 is 0. The third-order valence-electron chi connectivity index (χ3n) is 13.7. The van der Waals surface area contributed by atoms with Gasteiger partial charge in [0.1, 0.15) is 11.2 Å². The van der Waals surface area contributed by atoms with E-state index in [1.165, 1.54) is 43.0 Å². The number of rotatable bonds is 11. The molecule has 0 bridgehead atoms. The molecule has 12 aromatic rings. The fraction of sp³-hybridized carbons (Fsp3) is 0. The molecule has 12 rings (SSSR count). The van der Waals surface area contributed by atoms with Crippen LogP contribution in [0, 0.1) is 0 Å². The molecule has 0 unspecified atom stereocenters. The van der Waals surface area contributed by atoms with E-state index in [4.69, 9.17) is 4.42 Å². The van der Waals surface area contributed by atoms with Crippen LogP contribution in [0.4, 0.5) is 17.1 Å². The number of para-hydroxylation sites is 2. The first-order valence-electron chi connectivity index (χ1n) is 23.7. The zero-order valence-corrected chi connectivity index (χ0v) is 39.0. The minimum absolute atomic E-state index is 0.902. The molecule has 0 aliphatic heterocycles. The van der Waals surface area contributed by atoms with Gasteiger partial charge in [0.15, 0.2) is 8.07 Å². The molecule has 0 spiro atoms. The van der Waals surface area contributed by atoms with Crippen molar-refractivity contribution < 1.29 is 4.42 Å². The molecule has 0 amide bonds. The first-order chi connectivity index (χ1) is 34.2. The van der Waals surface area contributed by atoms with Gasteiger partial charge in [0.2, 0.25) is 0 Å². The van der Waals surface area contributed by atoms with E-state index in [0.717, 1.165) is 61.3 Å². The predicted octanol–water partition coefficient (Wildman–Crippen LogP) is 15.1. The summed E-state index contributed by atoms with van der Waals surface area (Å²) in [6.45, 7) is 0. The maximum atomic E-state index is 6.90. The van der Waals surface area contributed by atoms with E-state index >= 15 is 0 Å². The molecule has 0 aliphatic rings. The first-order valence-corrected chi connectivity index (χ1v) is 25.7. The lowest BCUT2D eigenvalue weighted by atomic mass is 10.0. The number of anilines is 3. The summed E-state index contributed by atoms with van der Waals surface area (Å²) in [7, 11) is -2.98. The molecule has 69 heavy (non-hydrogen) atoms. The molecule has 0 atom stereocenters. The van der Waals surface area contributed by atoms with Crippen molar-refractivity contribution in [1.82, 2.24) is 0 Å². The maximum Gasteiger partial charge on any atom is 0.179 e. The standard InChI is InChI=1S/C66H47NOSi/c1-6-19-48(20-7-1)50-35-41-54(42-36-50)67(55-43-37-51(38-44-55)49-21-8-2-9-22-49)56-25-16-30-60(47-56)69(57-26-12-4-13-27-57,58-28-14-5-15-29-58)59-45-39-53(40-46-59)62-32-18-34-64-63-33-17-31-61(65(63)68-66(62)64)52-23-10-3-11-24-52/h1-47H. The van der Waals surface area contributed by atoms with Crippen LogP contribution >= 0.6 is 0 Å². The molecule has 1 aromatic heterocycles. The predicted molar refractivity (Wildman–Crippen MR) is 294 cm³/mol. The Hall–Kier alpha value is -8.76. The Bertz CT molecular complexity index is 3540. The highest BCUT2D eigenvalue weighted by atomic mass is 28.3. The molecule has 3 heteroatoms. The summed E-state index contributed by atoms with van der Waals surface area (Å²) < 4.78 is 6.90. The molecule has 0 saturated heterocycles. The van der Waals surface area contributed by atoms with Gasteiger partial charge in [0.25, 0.3) is 0 Å². The molecule has 0 saturated carbocycles. The Morgan fingerprint density at radius 3 is 1.06 bits per heavy atom. The van der Waals surface area contributed by atoms with Crippen molar-refractivity contribution in [2.45, 2.75) is 0 Å². The largest absolute Gasteiger partial charge is 0.455 e. The molecule has 0 radical (unpaired) electrons. The average molecular weight is 898 g/mol. The van der Waals surface area contributed by atoms with E-state index in [-0.39, 0.29) is 0 Å². The normalized spacial score (nSPS) is 11.5. The Kier molecular flexibility index (Phi) is 11.0. The summed E-state index contributed by atoms with van der Waals surface area (Å²) in [4.78, 5) is 2.41. The van der Waals surface area contributed by atoms with Gasteiger partial charge in [-0.15, -0.1) is 0 Å². The second kappa shape index (κ2) is 18.1. The van der Waals surface area contributed by atoms with E-state index in [0.29, 0.717) is 0 Å². The van der Waals surface area contributed by atoms with Crippen LogP contribution in [0.3, 0.4) is 0 Å². The summed E-state index contributed by atoms with van der Waals surface area (Å²) in [5.41, 5.74) is 14.3. The van der Waals surface area contributed by atoms with Crippen molar-refractivity contribution in [1.29, 1.82) is 0 Å². The van der Waals surface area contributed by atoms with Gasteiger partial charge in [-0.25, -0.2) is 0 Å². The van der Waals surface area contributed by atoms with Crippen molar-refractivity contribution in [3.05, 3.63) is 285 Å². The number of fused-ring (bicyclic) bond motifs is 3. The Balaban J connectivity index is 1.02. The lowest BCUT2D eigenvalue weighted by Gasteiger charge is -2.35. The summed E-state index contributed by atoms with van der Waals surface area (Å²) in [6.07, 6.45) is 0. The van der Waals surface area contributed by atoms with E-state index in [9.17, 15) is 0 Å². The molecule has 0 aliphatic carbocycles. The summed E-state index contributed by atoms with van der Waals surface area (Å²) in [6, 6.07) is 104. The number of benzene rings is 11. The lowest BCUT2D eigenvalue weighted by Crippen LogP contribution is -2.74. The Morgan fingerprint density at radius 1 is 0.246 bits per heavy atom. The van der Waals surface area contributed by atoms with Crippen molar-refractivity contribution in [3.8, 4) is 44.5 Å². The van der Waals surface area contributed by atoms with Gasteiger partial charge in [-0.3, -0.25) is 0 Å². The Morgan fingerprint density at radius 2 is 0.594 bits per heavy atom. The zero-order valence-electron chi connectivity index (χ0n) is 38.0. The van der Waals surface area contributed by atoms with E-state index < -0.39 is 8.07 Å². The molecular weight excluding hydrogens is 851 g/mol. The van der Waals surface area contributed by atoms with Crippen LogP contribution in [-0.2, 0) is 0 Å². The highest BCUT2D eigenvalue weighted by Gasteiger charge is 2.42. The van der Waals surface area contributed by atoms with Crippen molar-refractivity contribution >= 4 is 67.8 Å². The van der Waals surface area contributed by atoms with Crippen LogP contribution in [-0.4, -0.2) is 8.07 Å². The molecule has 11 aromatic carbocycles. The van der Waals surface area contributed by atoms with Crippen molar-refractivity contribution in [3.63, 3.8) is 0 Å². The molecule has 2 nitrogen and oxygen atoms in total. The van der Waals surface area contributed by atoms with E-state index in [2.05, 4.69) is 290 Å². The highest BCUT2D eigenvalue weighted by Crippen LogP contribution is 2.40. The second-order valence-electron chi connectivity index (χ2n) is 17.6. The van der Waals surface area contributed by atoms with Crippen LogP contribution < -0.4 is 25.6 Å². The number of hydrogen-bond donors (Lipinski definition) is 0. The third kappa shape index (κ3) is 7.65. The third-order valence-corrected chi connectivity index (χ3v) is 18.4. The summed E-state index contributed by atoms with van der Waals surface area (Å²) in [5, 5.41) is 7.48. The van der Waals surface area contributed by atoms with Crippen LogP contribution in [0.1, 0.15) is 0 Å². The topological polar surface area (TPSA) is 16.4 Å². The van der Waals surface area contributed by atoms with Gasteiger partial charge < -0.3 is 9.32 Å². The van der Waals surface area contributed by atoms with E-state index in [1.54, 1.807) is 0 Å². The minimum Gasteiger partial charge on any atom is -0.455 e. The number of furan rings is 1. The molecule has 326 valence electrons. The van der Waals surface area contributed by atoms with Gasteiger partial charge >= 0.3 is 0 Å². The van der Waals surface area contributed by atoms with Crippen molar-refractivity contribution in [2.24, 2.45) is 0 Å². The van der Waals surface area contributed by atoms with E-state index in [1.807, 2.05) is 0 Å². The van der Waals surface area contributed by atoms with Gasteiger partial charge in [0, 0.05) is 39.0 Å². The monoisotopic (exact) mass is 897 g/mol. The van der Waals surface area contributed by atoms with Gasteiger partial charge in [0.05, 0.1) is 0 Å². The average Bonchev–Trinajstić information content (AvgIpc) is 3.83. The minimum atomic E-state index is -2.98. The number of nitrogens with zero attached hydrogens (tertiary/aromatic N) is 1. The van der Waals surface area contributed by atoms with Gasteiger partial charge in [-0.2, -0.15) is 0 Å². The van der Waals surface area contributed by atoms with Crippen LogP contribution in [0.25, 0.3) is 66.4 Å². The first kappa shape index (κ1) is 41.7. The smallest absolute Gasteiger partial charge is 0.179 e.